The highest BCUT2D eigenvalue weighted by Gasteiger charge is 2.19. The molecule has 0 amide bonds. The van der Waals surface area contributed by atoms with Gasteiger partial charge in [0, 0.05) is 12.5 Å². The molecule has 1 N–H and O–H groups in total. The van der Waals surface area contributed by atoms with Crippen LogP contribution in [0.4, 0.5) is 0 Å². The van der Waals surface area contributed by atoms with Crippen molar-refractivity contribution in [2.24, 2.45) is 5.92 Å². The van der Waals surface area contributed by atoms with Crippen LogP contribution < -0.4 is 5.32 Å². The molecule has 4 heteroatoms. The maximum atomic E-state index is 10.6. The smallest absolute Gasteiger partial charge is 0.121 e. The SMILES string of the molecule is CNC(CC=O)C1C=CC(c2scnc2C)=CC1. The van der Waals surface area contributed by atoms with Crippen molar-refractivity contribution in [1.29, 1.82) is 0 Å². The van der Waals surface area contributed by atoms with E-state index in [0.717, 1.165) is 18.4 Å². The quantitative estimate of drug-likeness (QED) is 0.829. The Kier molecular flexibility index (Phi) is 4.44. The van der Waals surface area contributed by atoms with Gasteiger partial charge in [-0.3, -0.25) is 0 Å². The maximum absolute atomic E-state index is 10.6. The summed E-state index contributed by atoms with van der Waals surface area (Å²) in [5.41, 5.74) is 4.23. The predicted molar refractivity (Wildman–Crippen MR) is 75.6 cm³/mol. The Morgan fingerprint density at radius 2 is 2.50 bits per heavy atom. The van der Waals surface area contributed by atoms with Crippen LogP contribution in [0.25, 0.3) is 5.57 Å². The van der Waals surface area contributed by atoms with Gasteiger partial charge in [-0.05, 0) is 31.9 Å². The van der Waals surface area contributed by atoms with Crippen LogP contribution in [0.1, 0.15) is 23.4 Å². The standard InChI is InChI=1S/C14H18N2OS/c1-10-14(18-9-16-10)12-5-3-11(4-6-12)13(15-2)7-8-17/h3,5-6,8-9,11,13,15H,4,7H2,1-2H3. The van der Waals surface area contributed by atoms with E-state index in [0.29, 0.717) is 12.3 Å². The summed E-state index contributed by atoms with van der Waals surface area (Å²) in [7, 11) is 1.91. The van der Waals surface area contributed by atoms with Gasteiger partial charge in [0.25, 0.3) is 0 Å². The summed E-state index contributed by atoms with van der Waals surface area (Å²) in [5, 5.41) is 3.21. The van der Waals surface area contributed by atoms with Crippen molar-refractivity contribution >= 4 is 23.2 Å². The number of carbonyl (C=O) groups is 1. The van der Waals surface area contributed by atoms with E-state index in [1.165, 1.54) is 10.5 Å². The summed E-state index contributed by atoms with van der Waals surface area (Å²) in [4.78, 5) is 16.2. The highest BCUT2D eigenvalue weighted by molar-refractivity contribution is 7.11. The van der Waals surface area contributed by atoms with E-state index in [-0.39, 0.29) is 6.04 Å². The lowest BCUT2D eigenvalue weighted by atomic mass is 9.88. The second kappa shape index (κ2) is 6.07. The molecule has 1 heterocycles. The Hall–Kier alpha value is -1.26. The number of aryl methyl sites for hydroxylation is 1. The second-order valence-electron chi connectivity index (χ2n) is 4.48. The number of carbonyl (C=O) groups excluding carboxylic acids is 1. The van der Waals surface area contributed by atoms with Crippen molar-refractivity contribution in [1.82, 2.24) is 10.3 Å². The number of thiazole rings is 1. The number of aldehydes is 1. The van der Waals surface area contributed by atoms with Gasteiger partial charge in [0.1, 0.15) is 6.29 Å². The summed E-state index contributed by atoms with van der Waals surface area (Å²) in [6.45, 7) is 2.04. The van der Waals surface area contributed by atoms with Crippen LogP contribution in [0.3, 0.4) is 0 Å². The average Bonchev–Trinajstić information content (AvgIpc) is 2.82. The van der Waals surface area contributed by atoms with E-state index in [1.807, 2.05) is 19.5 Å². The fraction of sp³-hybridized carbons (Fsp3) is 0.429. The first-order chi connectivity index (χ1) is 8.76. The van der Waals surface area contributed by atoms with Crippen molar-refractivity contribution in [2.75, 3.05) is 7.05 Å². The number of aromatic nitrogens is 1. The zero-order valence-corrected chi connectivity index (χ0v) is 11.5. The second-order valence-corrected chi connectivity index (χ2v) is 5.34. The normalized spacial score (nSPS) is 20.6. The van der Waals surface area contributed by atoms with Gasteiger partial charge in [-0.25, -0.2) is 4.98 Å². The van der Waals surface area contributed by atoms with E-state index in [1.54, 1.807) is 11.3 Å². The van der Waals surface area contributed by atoms with Crippen LogP contribution in [-0.4, -0.2) is 24.4 Å². The molecule has 0 radical (unpaired) electrons. The van der Waals surface area contributed by atoms with Gasteiger partial charge in [-0.2, -0.15) is 0 Å². The van der Waals surface area contributed by atoms with Gasteiger partial charge in [0.15, 0.2) is 0 Å². The lowest BCUT2D eigenvalue weighted by molar-refractivity contribution is -0.108. The number of allylic oxidation sites excluding steroid dienone is 3. The molecule has 2 unspecified atom stereocenters. The zero-order valence-electron chi connectivity index (χ0n) is 10.7. The van der Waals surface area contributed by atoms with Crippen molar-refractivity contribution in [2.45, 2.75) is 25.8 Å². The molecule has 0 spiro atoms. The minimum absolute atomic E-state index is 0.235. The molecular weight excluding hydrogens is 244 g/mol. The molecular formula is C14H18N2OS. The summed E-state index contributed by atoms with van der Waals surface area (Å²) in [6.07, 6.45) is 9.14. The molecule has 1 aliphatic rings. The third-order valence-electron chi connectivity index (χ3n) is 3.38. The molecule has 0 saturated heterocycles. The predicted octanol–water partition coefficient (Wildman–Crippen LogP) is 2.59. The third kappa shape index (κ3) is 2.76. The molecule has 0 aromatic carbocycles. The molecule has 1 aromatic rings. The van der Waals surface area contributed by atoms with Gasteiger partial charge in [-0.1, -0.05) is 18.2 Å². The molecule has 2 rings (SSSR count). The van der Waals surface area contributed by atoms with Gasteiger partial charge in [0.05, 0.1) is 16.1 Å². The maximum Gasteiger partial charge on any atom is 0.121 e. The highest BCUT2D eigenvalue weighted by atomic mass is 32.1. The average molecular weight is 262 g/mol. The van der Waals surface area contributed by atoms with Gasteiger partial charge in [-0.15, -0.1) is 11.3 Å². The number of hydrogen-bond donors (Lipinski definition) is 1. The number of nitrogens with zero attached hydrogens (tertiary/aromatic N) is 1. The van der Waals surface area contributed by atoms with Crippen molar-refractivity contribution in [3.05, 3.63) is 34.3 Å². The molecule has 18 heavy (non-hydrogen) atoms. The van der Waals surface area contributed by atoms with Crippen molar-refractivity contribution in [3.8, 4) is 0 Å². The van der Waals surface area contributed by atoms with Gasteiger partial charge in [0.2, 0.25) is 0 Å². The monoisotopic (exact) mass is 262 g/mol. The van der Waals surface area contributed by atoms with Crippen LogP contribution in [0.15, 0.2) is 23.7 Å². The third-order valence-corrected chi connectivity index (χ3v) is 4.36. The number of rotatable bonds is 5. The Balaban J connectivity index is 2.07. The topological polar surface area (TPSA) is 42.0 Å². The van der Waals surface area contributed by atoms with Crippen LogP contribution in [-0.2, 0) is 4.79 Å². The molecule has 0 aliphatic heterocycles. The number of hydrogen-bond acceptors (Lipinski definition) is 4. The van der Waals surface area contributed by atoms with Crippen molar-refractivity contribution < 1.29 is 4.79 Å². The van der Waals surface area contributed by atoms with Gasteiger partial charge >= 0.3 is 0 Å². The summed E-state index contributed by atoms with van der Waals surface area (Å²) in [6, 6.07) is 0.235. The van der Waals surface area contributed by atoms with Crippen LogP contribution in [0.5, 0.6) is 0 Å². The highest BCUT2D eigenvalue weighted by Crippen LogP contribution is 2.30. The Bertz CT molecular complexity index is 476. The minimum atomic E-state index is 0.235. The van der Waals surface area contributed by atoms with Crippen molar-refractivity contribution in [3.63, 3.8) is 0 Å². The Morgan fingerprint density at radius 1 is 1.67 bits per heavy atom. The van der Waals surface area contributed by atoms with E-state index < -0.39 is 0 Å². The van der Waals surface area contributed by atoms with Crippen LogP contribution in [0.2, 0.25) is 0 Å². The molecule has 1 aliphatic carbocycles. The van der Waals surface area contributed by atoms with Gasteiger partial charge < -0.3 is 10.1 Å². The summed E-state index contributed by atoms with van der Waals surface area (Å²) in [5.74, 6) is 0.400. The minimum Gasteiger partial charge on any atom is -0.316 e. The summed E-state index contributed by atoms with van der Waals surface area (Å²) >= 11 is 1.68. The number of nitrogens with one attached hydrogen (secondary N) is 1. The summed E-state index contributed by atoms with van der Waals surface area (Å²) < 4.78 is 0. The van der Waals surface area contributed by atoms with E-state index in [2.05, 4.69) is 28.5 Å². The molecule has 0 saturated carbocycles. The lowest BCUT2D eigenvalue weighted by Crippen LogP contribution is -2.33. The molecule has 3 nitrogen and oxygen atoms in total. The van der Waals surface area contributed by atoms with E-state index in [4.69, 9.17) is 0 Å². The van der Waals surface area contributed by atoms with Crippen LogP contribution in [0, 0.1) is 12.8 Å². The largest absolute Gasteiger partial charge is 0.316 e. The molecule has 96 valence electrons. The first-order valence-corrected chi connectivity index (χ1v) is 7.04. The van der Waals surface area contributed by atoms with Crippen LogP contribution >= 0.6 is 11.3 Å². The molecule has 2 atom stereocenters. The Labute approximate surface area is 112 Å². The first kappa shape index (κ1) is 13.2. The fourth-order valence-corrected chi connectivity index (χ4v) is 3.12. The zero-order chi connectivity index (χ0) is 13.0. The van der Waals surface area contributed by atoms with E-state index >= 15 is 0 Å². The molecule has 0 bridgehead atoms. The fourth-order valence-electron chi connectivity index (χ4n) is 2.29. The first-order valence-electron chi connectivity index (χ1n) is 6.16. The Morgan fingerprint density at radius 3 is 3.00 bits per heavy atom. The molecule has 0 fully saturated rings. The lowest BCUT2D eigenvalue weighted by Gasteiger charge is -2.24. The van der Waals surface area contributed by atoms with E-state index in [9.17, 15) is 4.79 Å². The molecule has 1 aromatic heterocycles.